The van der Waals surface area contributed by atoms with Crippen molar-refractivity contribution in [3.8, 4) is 5.75 Å². The van der Waals surface area contributed by atoms with Crippen LogP contribution in [0.25, 0.3) is 0 Å². The van der Waals surface area contributed by atoms with E-state index in [1.54, 1.807) is 47.4 Å². The molecule has 0 radical (unpaired) electrons. The Kier molecular flexibility index (Phi) is 8.57. The molecule has 226 valence electrons. The lowest BCUT2D eigenvalue weighted by Crippen LogP contribution is -2.56. The first-order valence-corrected chi connectivity index (χ1v) is 16.8. The lowest BCUT2D eigenvalue weighted by atomic mass is 9.78. The normalized spacial score (nSPS) is 19.4. The van der Waals surface area contributed by atoms with Crippen molar-refractivity contribution in [1.29, 1.82) is 0 Å². The van der Waals surface area contributed by atoms with Crippen molar-refractivity contribution in [1.82, 2.24) is 0 Å². The number of amides is 1. The van der Waals surface area contributed by atoms with Crippen LogP contribution in [0.3, 0.4) is 0 Å². The number of halogens is 1. The summed E-state index contributed by atoms with van der Waals surface area (Å²) < 4.78 is 39.6. The van der Waals surface area contributed by atoms with Gasteiger partial charge in [-0.1, -0.05) is 64.5 Å². The number of rotatable bonds is 10. The van der Waals surface area contributed by atoms with Gasteiger partial charge in [0.25, 0.3) is 5.91 Å². The largest absolute Gasteiger partial charge is 0.494 e. The summed E-state index contributed by atoms with van der Waals surface area (Å²) in [6, 6.07) is 30.7. The number of carbonyl (C=O) groups is 1. The lowest BCUT2D eigenvalue weighted by molar-refractivity contribution is -0.126. The van der Waals surface area contributed by atoms with Crippen LogP contribution in [-0.2, 0) is 25.8 Å². The zero-order chi connectivity index (χ0) is 30.7. The van der Waals surface area contributed by atoms with Gasteiger partial charge in [0.15, 0.2) is 21.5 Å². The molecule has 2 heterocycles. The maximum absolute atomic E-state index is 14.7. The van der Waals surface area contributed by atoms with Crippen molar-refractivity contribution in [3.63, 3.8) is 0 Å². The number of para-hydroxylation sites is 1. The van der Waals surface area contributed by atoms with Crippen molar-refractivity contribution >= 4 is 43.3 Å². The highest BCUT2D eigenvalue weighted by Crippen LogP contribution is 2.47. The molecule has 0 bridgehead atoms. The second kappa shape index (κ2) is 12.6. The first-order chi connectivity index (χ1) is 21.3. The average molecular weight is 676 g/mol. The molecule has 0 unspecified atom stereocenters. The van der Waals surface area contributed by atoms with Gasteiger partial charge >= 0.3 is 0 Å². The molecule has 0 saturated heterocycles. The predicted molar refractivity (Wildman–Crippen MR) is 172 cm³/mol. The minimum Gasteiger partial charge on any atom is -0.494 e. The molecular formula is C34H31BrN2O6S. The van der Waals surface area contributed by atoms with Gasteiger partial charge in [0.2, 0.25) is 5.90 Å². The van der Waals surface area contributed by atoms with Crippen LogP contribution < -0.4 is 9.64 Å². The summed E-state index contributed by atoms with van der Waals surface area (Å²) in [5.74, 6) is 0.412. The van der Waals surface area contributed by atoms with Gasteiger partial charge in [-0.3, -0.25) is 4.79 Å². The highest BCUT2D eigenvalue weighted by Gasteiger charge is 2.57. The number of aliphatic hydroxyl groups is 1. The van der Waals surface area contributed by atoms with Gasteiger partial charge in [-0.2, -0.15) is 0 Å². The van der Waals surface area contributed by atoms with Gasteiger partial charge in [0.05, 0.1) is 17.3 Å². The molecule has 2 aliphatic rings. The van der Waals surface area contributed by atoms with E-state index < -0.39 is 21.5 Å². The van der Waals surface area contributed by atoms with Gasteiger partial charge in [-0.25, -0.2) is 13.4 Å². The van der Waals surface area contributed by atoms with Gasteiger partial charge in [-0.05, 0) is 65.7 Å². The second-order valence-corrected chi connectivity index (χ2v) is 13.8. The Morgan fingerprint density at radius 2 is 1.66 bits per heavy atom. The Morgan fingerprint density at radius 1 is 0.955 bits per heavy atom. The van der Waals surface area contributed by atoms with Crippen molar-refractivity contribution in [2.24, 2.45) is 4.99 Å². The van der Waals surface area contributed by atoms with E-state index in [0.717, 1.165) is 15.6 Å². The van der Waals surface area contributed by atoms with E-state index in [9.17, 15) is 13.2 Å². The molecule has 0 fully saturated rings. The third-order valence-electron chi connectivity index (χ3n) is 7.85. The zero-order valence-corrected chi connectivity index (χ0v) is 26.2. The van der Waals surface area contributed by atoms with Crippen LogP contribution in [0.15, 0.2) is 117 Å². The summed E-state index contributed by atoms with van der Waals surface area (Å²) in [5.41, 5.74) is 1.66. The topological polar surface area (TPSA) is 106 Å². The van der Waals surface area contributed by atoms with Crippen LogP contribution in [0.2, 0.25) is 0 Å². The molecular weight excluding hydrogens is 644 g/mol. The molecule has 4 aromatic rings. The van der Waals surface area contributed by atoms with Crippen LogP contribution in [0.1, 0.15) is 29.2 Å². The van der Waals surface area contributed by atoms with Crippen molar-refractivity contribution in [2.45, 2.75) is 29.4 Å². The van der Waals surface area contributed by atoms with E-state index in [1.807, 2.05) is 60.7 Å². The van der Waals surface area contributed by atoms with Crippen molar-refractivity contribution in [2.75, 3.05) is 30.4 Å². The summed E-state index contributed by atoms with van der Waals surface area (Å²) in [6.45, 7) is 0.410. The van der Waals surface area contributed by atoms with E-state index in [2.05, 4.69) is 15.9 Å². The minimum absolute atomic E-state index is 0.0351. The molecule has 44 heavy (non-hydrogen) atoms. The lowest BCUT2D eigenvalue weighted by Gasteiger charge is -2.40. The van der Waals surface area contributed by atoms with Crippen LogP contribution in [0, 0.1) is 0 Å². The highest BCUT2D eigenvalue weighted by molar-refractivity contribution is 9.10. The molecule has 1 spiro atoms. The van der Waals surface area contributed by atoms with Crippen LogP contribution in [0.5, 0.6) is 5.75 Å². The van der Waals surface area contributed by atoms with Crippen molar-refractivity contribution in [3.05, 3.63) is 124 Å². The van der Waals surface area contributed by atoms with E-state index in [1.165, 1.54) is 0 Å². The summed E-state index contributed by atoms with van der Waals surface area (Å²) in [6.07, 6.45) is 0.0678. The number of ether oxygens (including phenoxy) is 2. The Bertz CT molecular complexity index is 1780. The second-order valence-electron chi connectivity index (χ2n) is 10.7. The average Bonchev–Trinajstić information content (AvgIpc) is 3.42. The fourth-order valence-electron chi connectivity index (χ4n) is 5.64. The molecule has 0 aromatic heterocycles. The molecule has 0 saturated carbocycles. The van der Waals surface area contributed by atoms with E-state index in [4.69, 9.17) is 19.6 Å². The van der Waals surface area contributed by atoms with E-state index in [-0.39, 0.29) is 36.1 Å². The molecule has 0 aliphatic carbocycles. The summed E-state index contributed by atoms with van der Waals surface area (Å²) >= 11 is 3.49. The Balaban J connectivity index is 1.39. The molecule has 2 aliphatic heterocycles. The Labute approximate surface area is 265 Å². The third-order valence-corrected chi connectivity index (χ3v) is 10.1. The minimum atomic E-state index is -3.65. The smallest absolute Gasteiger partial charge is 0.259 e. The summed E-state index contributed by atoms with van der Waals surface area (Å²) in [5, 5.41) is 9.04. The fraction of sp³-hybridized carbons (Fsp3) is 0.235. The van der Waals surface area contributed by atoms with Crippen LogP contribution in [-0.4, -0.2) is 56.4 Å². The fourth-order valence-corrected chi connectivity index (χ4v) is 7.14. The first-order valence-electron chi connectivity index (χ1n) is 14.3. The van der Waals surface area contributed by atoms with Gasteiger partial charge in [0.1, 0.15) is 5.75 Å². The van der Waals surface area contributed by atoms with E-state index in [0.29, 0.717) is 35.9 Å². The number of benzene rings is 4. The number of sulfone groups is 1. The Hall–Kier alpha value is -3.99. The number of anilines is 1. The number of aliphatic hydroxyl groups excluding tert-OH is 1. The number of fused-ring (bicyclic) bond motifs is 1. The maximum atomic E-state index is 14.7. The number of aliphatic imine (C=N–C) groups is 1. The van der Waals surface area contributed by atoms with Gasteiger partial charge < -0.3 is 19.5 Å². The standard InChI is InChI=1S/C34H31BrN2O6S/c35-27-15-11-24(12-16-27)31-34(36-32(43-31)25-13-17-28(18-14-25)42-21-6-20-38)23-26-7-4-5-10-30(26)37(33(34)39)19-22-44(40,41)29-8-2-1-3-9-29/h1-5,7-18,31,38H,6,19-23H2/t31-,34-/m1/s1. The number of carbonyl (C=O) groups excluding carboxylic acids is 1. The van der Waals surface area contributed by atoms with Crippen LogP contribution >= 0.6 is 15.9 Å². The number of hydrogen-bond acceptors (Lipinski definition) is 7. The molecule has 2 atom stereocenters. The SMILES string of the molecule is O=C1N(CCS(=O)(=O)c2ccccc2)c2ccccc2C[C@]12N=C(c1ccc(OCCCO)cc1)O[C@@H]2c1ccc(Br)cc1. The number of nitrogens with zero attached hydrogens (tertiary/aromatic N) is 2. The zero-order valence-electron chi connectivity index (χ0n) is 23.8. The predicted octanol–water partition coefficient (Wildman–Crippen LogP) is 5.53. The molecule has 10 heteroatoms. The van der Waals surface area contributed by atoms with Gasteiger partial charge in [-0.15, -0.1) is 0 Å². The van der Waals surface area contributed by atoms with Gasteiger partial charge in [0, 0.05) is 41.7 Å². The molecule has 1 N–H and O–H groups in total. The van der Waals surface area contributed by atoms with Crippen molar-refractivity contribution < 1.29 is 27.8 Å². The summed E-state index contributed by atoms with van der Waals surface area (Å²) in [4.78, 5) is 21.5. The third kappa shape index (κ3) is 5.89. The molecule has 1 amide bonds. The highest BCUT2D eigenvalue weighted by atomic mass is 79.9. The maximum Gasteiger partial charge on any atom is 0.259 e. The Morgan fingerprint density at radius 3 is 2.39 bits per heavy atom. The quantitative estimate of drug-likeness (QED) is 0.222. The monoisotopic (exact) mass is 674 g/mol. The first kappa shape index (κ1) is 30.1. The molecule has 4 aromatic carbocycles. The van der Waals surface area contributed by atoms with Crippen LogP contribution in [0.4, 0.5) is 5.69 Å². The number of hydrogen-bond donors (Lipinski definition) is 1. The molecule has 6 rings (SSSR count). The summed E-state index contributed by atoms with van der Waals surface area (Å²) in [7, 11) is -3.65. The van der Waals surface area contributed by atoms with E-state index >= 15 is 0 Å². The molecule has 8 nitrogen and oxygen atoms in total.